The van der Waals surface area contributed by atoms with Crippen LogP contribution in [0, 0.1) is 0 Å². The number of azo groups is 2. The molecule has 4 rings (SSSR count). The van der Waals surface area contributed by atoms with Crippen molar-refractivity contribution in [2.45, 2.75) is 24.5 Å². The van der Waals surface area contributed by atoms with Crippen LogP contribution in [0.1, 0.15) is 0 Å². The average Bonchev–Trinajstić information content (AvgIpc) is 3.17. The fourth-order valence-electron chi connectivity index (χ4n) is 4.51. The van der Waals surface area contributed by atoms with Crippen molar-refractivity contribution in [2.75, 3.05) is 30.5 Å². The van der Waals surface area contributed by atoms with Crippen LogP contribution in [0.15, 0.2) is 99.5 Å². The molecule has 0 heterocycles. The molecule has 0 amide bonds. The van der Waals surface area contributed by atoms with Crippen LogP contribution in [0.25, 0.3) is 10.8 Å². The fraction of sp³-hybridized carbons (Fsp3) is 0.154. The highest BCUT2D eigenvalue weighted by Gasteiger charge is 2.24. The molecule has 4 aromatic rings. The monoisotopic (exact) mass is 983 g/mol. The van der Waals surface area contributed by atoms with Crippen LogP contribution in [0.4, 0.5) is 28.4 Å². The molecule has 34 heteroatoms. The summed E-state index contributed by atoms with van der Waals surface area (Å²) in [6.07, 6.45) is 0. The standard InChI is InChI=1S/C26H25N5O22S7/c27-18-4-3-16-17(24(18)30-28-19-5-1-14(11-21(19)54-51-48-33)58(38,39)10-8-47-60(43,44)45)13-22(55-52-49-34)25(26(16)32)31-29-20-6-2-15(12-23(20)59(40,41)42)57(36,37)9-7-46-56-53-50-35/h1-6,11-13,32-35H,7-10,27H2,(H,40,41,42)(H,43,44,45)/b30-28?,31-29+. The second-order valence-electron chi connectivity index (χ2n) is 10.7. The van der Waals surface area contributed by atoms with Crippen LogP contribution in [0.2, 0.25) is 0 Å². The Labute approximate surface area is 350 Å². The maximum absolute atomic E-state index is 12.8. The number of benzene rings is 4. The van der Waals surface area contributed by atoms with E-state index in [2.05, 4.69) is 52.8 Å². The molecule has 8 N–H and O–H groups in total. The Balaban J connectivity index is 1.77. The summed E-state index contributed by atoms with van der Waals surface area (Å²) in [4.78, 5) is -2.41. The maximum atomic E-state index is 12.8. The Hall–Kier alpha value is -3.73. The molecule has 0 aromatic heterocycles. The smallest absolute Gasteiger partial charge is 0.397 e. The number of nitrogens with zero attached hydrogens (tertiary/aromatic N) is 4. The second-order valence-corrected chi connectivity index (χ2v) is 19.4. The van der Waals surface area contributed by atoms with Gasteiger partial charge in [0.1, 0.15) is 27.6 Å². The highest BCUT2D eigenvalue weighted by molar-refractivity contribution is 7.95. The average molecular weight is 984 g/mol. The highest BCUT2D eigenvalue weighted by Crippen LogP contribution is 2.48. The lowest BCUT2D eigenvalue weighted by Crippen LogP contribution is -2.15. The van der Waals surface area contributed by atoms with Gasteiger partial charge in [-0.15, -0.1) is 33.5 Å². The Morgan fingerprint density at radius 1 is 0.617 bits per heavy atom. The first-order chi connectivity index (χ1) is 28.2. The summed E-state index contributed by atoms with van der Waals surface area (Å²) >= 11 is 0.592. The lowest BCUT2D eigenvalue weighted by Gasteiger charge is -2.12. The minimum absolute atomic E-state index is 0.00688. The summed E-state index contributed by atoms with van der Waals surface area (Å²) in [5, 5.41) is 63.3. The quantitative estimate of drug-likeness (QED) is 0.00926. The van der Waals surface area contributed by atoms with Crippen molar-refractivity contribution in [1.82, 2.24) is 0 Å². The number of rotatable bonds is 23. The van der Waals surface area contributed by atoms with Gasteiger partial charge in [0.2, 0.25) is 0 Å². The number of aromatic hydroxyl groups is 1. The van der Waals surface area contributed by atoms with Gasteiger partial charge in [0.15, 0.2) is 37.7 Å². The van der Waals surface area contributed by atoms with Gasteiger partial charge in [-0.25, -0.2) is 36.8 Å². The third kappa shape index (κ3) is 13.4. The van der Waals surface area contributed by atoms with Crippen LogP contribution in [0.3, 0.4) is 0 Å². The molecule has 27 nitrogen and oxygen atoms in total. The summed E-state index contributed by atoms with van der Waals surface area (Å²) in [6.45, 7) is -1.46. The number of nitrogens with two attached hydrogens (primary N) is 1. The number of phenols is 1. The van der Waals surface area contributed by atoms with Gasteiger partial charge in [-0.2, -0.15) is 16.8 Å². The predicted molar refractivity (Wildman–Crippen MR) is 202 cm³/mol. The van der Waals surface area contributed by atoms with E-state index in [1.807, 2.05) is 0 Å². The van der Waals surface area contributed by atoms with E-state index in [0.29, 0.717) is 6.07 Å². The number of anilines is 1. The second kappa shape index (κ2) is 21.4. The highest BCUT2D eigenvalue weighted by atomic mass is 32.3. The predicted octanol–water partition coefficient (Wildman–Crippen LogP) is 5.43. The Morgan fingerprint density at radius 2 is 1.18 bits per heavy atom. The summed E-state index contributed by atoms with van der Waals surface area (Å²) in [5.41, 5.74) is 4.73. The lowest BCUT2D eigenvalue weighted by atomic mass is 10.1. The number of fused-ring (bicyclic) bond motifs is 1. The Bertz CT molecular complexity index is 2700. The van der Waals surface area contributed by atoms with E-state index < -0.39 is 96.7 Å². The van der Waals surface area contributed by atoms with Crippen LogP contribution >= 0.6 is 36.4 Å². The van der Waals surface area contributed by atoms with E-state index >= 15 is 0 Å². The van der Waals surface area contributed by atoms with E-state index in [1.165, 1.54) is 18.2 Å². The van der Waals surface area contributed by atoms with Gasteiger partial charge in [-0.3, -0.25) is 13.3 Å². The summed E-state index contributed by atoms with van der Waals surface area (Å²) in [7, 11) is -18.6. The lowest BCUT2D eigenvalue weighted by molar-refractivity contribution is -0.434. The number of hydrogen-bond donors (Lipinski definition) is 7. The minimum Gasteiger partial charge on any atom is -0.505 e. The molecule has 0 aliphatic heterocycles. The largest absolute Gasteiger partial charge is 0.505 e. The van der Waals surface area contributed by atoms with Gasteiger partial charge >= 0.3 is 10.4 Å². The van der Waals surface area contributed by atoms with Crippen molar-refractivity contribution in [3.63, 3.8) is 0 Å². The molecule has 0 atom stereocenters. The van der Waals surface area contributed by atoms with Crippen molar-refractivity contribution in [3.05, 3.63) is 54.6 Å². The van der Waals surface area contributed by atoms with E-state index in [-0.39, 0.29) is 74.0 Å². The zero-order chi connectivity index (χ0) is 44.3. The van der Waals surface area contributed by atoms with E-state index in [9.17, 15) is 43.3 Å². The molecule has 4 aromatic carbocycles. The molecule has 0 saturated carbocycles. The molecular weight excluding hydrogens is 959 g/mol. The maximum Gasteiger partial charge on any atom is 0.397 e. The molecule has 0 bridgehead atoms. The van der Waals surface area contributed by atoms with E-state index in [4.69, 9.17) is 30.2 Å². The van der Waals surface area contributed by atoms with Gasteiger partial charge in [-0.1, -0.05) is 15.1 Å². The molecule has 328 valence electrons. The summed E-state index contributed by atoms with van der Waals surface area (Å²) in [5.74, 6) is -2.32. The van der Waals surface area contributed by atoms with Gasteiger partial charge in [0, 0.05) is 10.8 Å². The van der Waals surface area contributed by atoms with E-state index in [1.54, 1.807) is 0 Å². The molecule has 0 spiro atoms. The van der Waals surface area contributed by atoms with Crippen molar-refractivity contribution in [3.8, 4) is 5.75 Å². The van der Waals surface area contributed by atoms with Crippen LogP contribution < -0.4 is 5.73 Å². The first-order valence-corrected chi connectivity index (χ1v) is 23.3. The number of phenolic OH excluding ortho intramolecular Hbond substituents is 1. The topological polar surface area (TPSA) is 407 Å². The number of hydrogen-bond acceptors (Lipinski definition) is 28. The summed E-state index contributed by atoms with van der Waals surface area (Å²) < 4.78 is 138. The number of nitrogen functional groups attached to an aromatic ring is 1. The molecule has 0 aliphatic carbocycles. The van der Waals surface area contributed by atoms with Gasteiger partial charge in [0.25, 0.3) is 10.1 Å². The zero-order valence-corrected chi connectivity index (χ0v) is 34.7. The van der Waals surface area contributed by atoms with Crippen LogP contribution in [-0.4, -0.2) is 88.4 Å². The Morgan fingerprint density at radius 3 is 1.80 bits per heavy atom. The minimum atomic E-state index is -5.18. The molecule has 60 heavy (non-hydrogen) atoms. The molecule has 0 aliphatic rings. The Kier molecular flexibility index (Phi) is 17.4. The fourth-order valence-corrected chi connectivity index (χ4v) is 9.21. The third-order valence-corrected chi connectivity index (χ3v) is 13.4. The molecule has 0 radical (unpaired) electrons. The van der Waals surface area contributed by atoms with Crippen molar-refractivity contribution >= 4 is 116 Å². The van der Waals surface area contributed by atoms with Crippen molar-refractivity contribution in [1.29, 1.82) is 0 Å². The SMILES string of the molecule is Nc1ccc2c(O)c(/N=N/c3ccc(S(=O)(=O)CCOSOOO)cc3S(=O)(=O)O)c(SOOO)cc2c1N=Nc1ccc(S(=O)(=O)CCOS(=O)(=O)O)cc1SOOO. The van der Waals surface area contributed by atoms with Crippen LogP contribution in [-0.2, 0) is 76.7 Å². The van der Waals surface area contributed by atoms with Gasteiger partial charge in [-0.05, 0) is 54.6 Å². The molecule has 0 unspecified atom stereocenters. The van der Waals surface area contributed by atoms with E-state index in [0.717, 1.165) is 30.3 Å². The first-order valence-electron chi connectivity index (χ1n) is 15.0. The summed E-state index contributed by atoms with van der Waals surface area (Å²) in [6, 6.07) is 9.32. The third-order valence-electron chi connectivity index (χ3n) is 7.05. The van der Waals surface area contributed by atoms with Gasteiger partial charge < -0.3 is 10.8 Å². The molecule has 0 saturated heterocycles. The normalized spacial score (nSPS) is 12.9. The molecule has 0 fully saturated rings. The number of sulfone groups is 2. The van der Waals surface area contributed by atoms with Crippen molar-refractivity contribution in [2.24, 2.45) is 20.5 Å². The van der Waals surface area contributed by atoms with Crippen molar-refractivity contribution < 1.29 is 100 Å². The van der Waals surface area contributed by atoms with Gasteiger partial charge in [0.05, 0.1) is 74.1 Å². The zero-order valence-electron chi connectivity index (χ0n) is 29.0. The molecular formula is C26H25N5O22S7. The first kappa shape index (κ1) is 48.9. The van der Waals surface area contributed by atoms with Crippen LogP contribution in [0.5, 0.6) is 5.75 Å².